The Morgan fingerprint density at radius 3 is 2.78 bits per heavy atom. The van der Waals surface area contributed by atoms with Gasteiger partial charge in [0.1, 0.15) is 0 Å². The van der Waals surface area contributed by atoms with Crippen LogP contribution in [-0.2, 0) is 9.53 Å². The van der Waals surface area contributed by atoms with Crippen molar-refractivity contribution in [1.29, 1.82) is 0 Å². The minimum Gasteiger partial charge on any atom is -0.479 e. The van der Waals surface area contributed by atoms with E-state index >= 15 is 0 Å². The third-order valence-corrected chi connectivity index (χ3v) is 2.85. The van der Waals surface area contributed by atoms with Crippen LogP contribution in [0, 0.1) is 0 Å². The van der Waals surface area contributed by atoms with Crippen LogP contribution < -0.4 is 10.6 Å². The molecule has 18 heavy (non-hydrogen) atoms. The number of anilines is 1. The Kier molecular flexibility index (Phi) is 3.47. The Balaban J connectivity index is 2.26. The van der Waals surface area contributed by atoms with Gasteiger partial charge in [-0.2, -0.15) is 0 Å². The molecule has 0 saturated carbocycles. The molecular formula is C12H14N2O4. The molecule has 0 aliphatic carbocycles. The third-order valence-electron chi connectivity index (χ3n) is 2.85. The lowest BCUT2D eigenvalue weighted by Gasteiger charge is -2.33. The number of morpholine rings is 1. The number of para-hydroxylation sites is 1. The van der Waals surface area contributed by atoms with E-state index in [4.69, 9.17) is 15.6 Å². The molecule has 6 nitrogen and oxygen atoms in total. The number of carbonyl (C=O) groups excluding carboxylic acids is 1. The summed E-state index contributed by atoms with van der Waals surface area (Å²) in [6.07, 6.45) is -0.875. The number of carboxylic acid groups (broad SMARTS) is 1. The minimum atomic E-state index is -1.00. The van der Waals surface area contributed by atoms with Crippen molar-refractivity contribution >= 4 is 17.6 Å². The van der Waals surface area contributed by atoms with Gasteiger partial charge < -0.3 is 20.5 Å². The molecule has 0 aromatic heterocycles. The molecule has 1 aromatic rings. The van der Waals surface area contributed by atoms with E-state index in [1.807, 2.05) is 4.90 Å². The number of primary amides is 1. The highest BCUT2D eigenvalue weighted by atomic mass is 16.5. The normalized spacial score (nSPS) is 19.6. The van der Waals surface area contributed by atoms with E-state index in [0.717, 1.165) is 0 Å². The fourth-order valence-electron chi connectivity index (χ4n) is 1.98. The van der Waals surface area contributed by atoms with E-state index in [1.165, 1.54) is 0 Å². The average molecular weight is 250 g/mol. The van der Waals surface area contributed by atoms with Crippen LogP contribution in [-0.4, -0.2) is 42.8 Å². The third kappa shape index (κ3) is 2.43. The van der Waals surface area contributed by atoms with Crippen LogP contribution in [0.15, 0.2) is 24.3 Å². The molecule has 1 aromatic carbocycles. The zero-order chi connectivity index (χ0) is 13.1. The van der Waals surface area contributed by atoms with Crippen molar-refractivity contribution in [3.8, 4) is 0 Å². The van der Waals surface area contributed by atoms with Crippen LogP contribution in [0.2, 0.25) is 0 Å². The summed E-state index contributed by atoms with van der Waals surface area (Å²) in [7, 11) is 0. The van der Waals surface area contributed by atoms with Crippen LogP contribution in [0.1, 0.15) is 10.4 Å². The van der Waals surface area contributed by atoms with E-state index in [-0.39, 0.29) is 6.54 Å². The summed E-state index contributed by atoms with van der Waals surface area (Å²) in [5, 5.41) is 8.94. The number of aliphatic carboxylic acids is 1. The van der Waals surface area contributed by atoms with Gasteiger partial charge in [0.05, 0.1) is 18.7 Å². The lowest BCUT2D eigenvalue weighted by Crippen LogP contribution is -2.46. The van der Waals surface area contributed by atoms with Gasteiger partial charge in [0.15, 0.2) is 6.10 Å². The summed E-state index contributed by atoms with van der Waals surface area (Å²) in [5.74, 6) is -1.53. The van der Waals surface area contributed by atoms with Crippen LogP contribution in [0.3, 0.4) is 0 Å². The number of nitrogens with zero attached hydrogens (tertiary/aromatic N) is 1. The second-order valence-electron chi connectivity index (χ2n) is 4.03. The molecule has 2 rings (SSSR count). The fraction of sp³-hybridized carbons (Fsp3) is 0.333. The zero-order valence-electron chi connectivity index (χ0n) is 9.70. The molecule has 0 spiro atoms. The molecule has 0 bridgehead atoms. The van der Waals surface area contributed by atoms with Crippen LogP contribution in [0.25, 0.3) is 0 Å². The van der Waals surface area contributed by atoms with Crippen LogP contribution in [0.5, 0.6) is 0 Å². The van der Waals surface area contributed by atoms with Gasteiger partial charge in [-0.15, -0.1) is 0 Å². The van der Waals surface area contributed by atoms with Crippen molar-refractivity contribution in [3.05, 3.63) is 29.8 Å². The molecule has 1 saturated heterocycles. The molecule has 96 valence electrons. The highest BCUT2D eigenvalue weighted by molar-refractivity contribution is 5.98. The Morgan fingerprint density at radius 1 is 1.39 bits per heavy atom. The van der Waals surface area contributed by atoms with Gasteiger partial charge in [-0.05, 0) is 12.1 Å². The van der Waals surface area contributed by atoms with Gasteiger partial charge in [-0.1, -0.05) is 12.1 Å². The van der Waals surface area contributed by atoms with Crippen LogP contribution in [0.4, 0.5) is 5.69 Å². The number of carboxylic acids is 1. The maximum Gasteiger partial charge on any atom is 0.334 e. The number of benzene rings is 1. The van der Waals surface area contributed by atoms with Crippen molar-refractivity contribution in [2.45, 2.75) is 6.10 Å². The minimum absolute atomic E-state index is 0.208. The Hall–Kier alpha value is -2.08. The van der Waals surface area contributed by atoms with Crippen molar-refractivity contribution in [1.82, 2.24) is 0 Å². The van der Waals surface area contributed by atoms with E-state index in [9.17, 15) is 9.59 Å². The Morgan fingerprint density at radius 2 is 2.11 bits per heavy atom. The monoisotopic (exact) mass is 250 g/mol. The Bertz CT molecular complexity index is 475. The molecule has 1 aliphatic heterocycles. The summed E-state index contributed by atoms with van der Waals surface area (Å²) in [6, 6.07) is 6.89. The van der Waals surface area contributed by atoms with Gasteiger partial charge in [-0.3, -0.25) is 4.79 Å². The molecule has 3 N–H and O–H groups in total. The summed E-state index contributed by atoms with van der Waals surface area (Å²) >= 11 is 0. The average Bonchev–Trinajstić information content (AvgIpc) is 2.39. The van der Waals surface area contributed by atoms with Crippen LogP contribution >= 0.6 is 0 Å². The van der Waals surface area contributed by atoms with Gasteiger partial charge >= 0.3 is 5.97 Å². The highest BCUT2D eigenvalue weighted by Gasteiger charge is 2.27. The smallest absolute Gasteiger partial charge is 0.334 e. The quantitative estimate of drug-likeness (QED) is 0.792. The zero-order valence-corrected chi connectivity index (χ0v) is 9.70. The van der Waals surface area contributed by atoms with E-state index < -0.39 is 18.0 Å². The van der Waals surface area contributed by atoms with E-state index in [2.05, 4.69) is 0 Å². The number of carbonyl (C=O) groups is 2. The molecule has 1 amide bonds. The lowest BCUT2D eigenvalue weighted by molar-refractivity contribution is -0.150. The molecule has 1 unspecified atom stereocenters. The fourth-order valence-corrected chi connectivity index (χ4v) is 1.98. The van der Waals surface area contributed by atoms with Crippen molar-refractivity contribution in [2.24, 2.45) is 5.73 Å². The predicted octanol–water partition coefficient (Wildman–Crippen LogP) is 0.0753. The van der Waals surface area contributed by atoms with E-state index in [0.29, 0.717) is 24.4 Å². The Labute approximate surface area is 104 Å². The summed E-state index contributed by atoms with van der Waals surface area (Å²) in [6.45, 7) is 1.05. The second kappa shape index (κ2) is 5.05. The summed E-state index contributed by atoms with van der Waals surface area (Å²) < 4.78 is 5.13. The molecule has 1 fully saturated rings. The number of rotatable bonds is 3. The number of hydrogen-bond acceptors (Lipinski definition) is 4. The summed E-state index contributed by atoms with van der Waals surface area (Å²) in [5.41, 5.74) is 6.35. The number of nitrogens with two attached hydrogens (primary N) is 1. The number of hydrogen-bond donors (Lipinski definition) is 2. The first-order valence-electron chi connectivity index (χ1n) is 5.58. The maximum atomic E-state index is 11.3. The summed E-state index contributed by atoms with van der Waals surface area (Å²) in [4.78, 5) is 24.0. The second-order valence-corrected chi connectivity index (χ2v) is 4.03. The first-order valence-corrected chi connectivity index (χ1v) is 5.58. The van der Waals surface area contributed by atoms with Gasteiger partial charge in [0, 0.05) is 12.2 Å². The molecule has 0 radical (unpaired) electrons. The predicted molar refractivity (Wildman–Crippen MR) is 64.5 cm³/mol. The topological polar surface area (TPSA) is 92.9 Å². The number of amides is 1. The van der Waals surface area contributed by atoms with Crippen molar-refractivity contribution in [3.63, 3.8) is 0 Å². The van der Waals surface area contributed by atoms with Gasteiger partial charge in [0.25, 0.3) is 5.91 Å². The van der Waals surface area contributed by atoms with Gasteiger partial charge in [-0.25, -0.2) is 4.79 Å². The van der Waals surface area contributed by atoms with Crippen molar-refractivity contribution < 1.29 is 19.4 Å². The number of ether oxygens (including phenoxy) is 1. The molecular weight excluding hydrogens is 236 g/mol. The van der Waals surface area contributed by atoms with Gasteiger partial charge in [0.2, 0.25) is 0 Å². The maximum absolute atomic E-state index is 11.3. The molecule has 1 heterocycles. The molecule has 6 heteroatoms. The molecule has 1 atom stereocenters. The highest BCUT2D eigenvalue weighted by Crippen LogP contribution is 2.22. The van der Waals surface area contributed by atoms with E-state index in [1.54, 1.807) is 24.3 Å². The first kappa shape index (κ1) is 12.4. The first-order chi connectivity index (χ1) is 8.59. The largest absolute Gasteiger partial charge is 0.479 e. The lowest BCUT2D eigenvalue weighted by atomic mass is 10.1. The van der Waals surface area contributed by atoms with Crippen molar-refractivity contribution in [2.75, 3.05) is 24.6 Å². The SMILES string of the molecule is NC(=O)c1ccccc1N1CCOC(C(=O)O)C1. The molecule has 1 aliphatic rings. The standard InChI is InChI=1S/C12H14N2O4/c13-11(15)8-3-1-2-4-9(8)14-5-6-18-10(7-14)12(16)17/h1-4,10H,5-7H2,(H2,13,15)(H,16,17).